The van der Waals surface area contributed by atoms with Gasteiger partial charge < -0.3 is 14.0 Å². The first-order valence-corrected chi connectivity index (χ1v) is 8.45. The zero-order valence-electron chi connectivity index (χ0n) is 14.3. The highest BCUT2D eigenvalue weighted by Gasteiger charge is 2.32. The van der Waals surface area contributed by atoms with Crippen molar-refractivity contribution in [3.8, 4) is 5.75 Å². The monoisotopic (exact) mass is 354 g/mol. The second-order valence-corrected chi connectivity index (χ2v) is 6.23. The zero-order chi connectivity index (χ0) is 18.1. The van der Waals surface area contributed by atoms with Crippen LogP contribution in [0.2, 0.25) is 0 Å². The van der Waals surface area contributed by atoms with Crippen LogP contribution in [0.15, 0.2) is 34.9 Å². The second-order valence-electron chi connectivity index (χ2n) is 6.23. The van der Waals surface area contributed by atoms with Crippen molar-refractivity contribution in [2.24, 2.45) is 0 Å². The molecule has 2 aromatic carbocycles. The van der Waals surface area contributed by atoms with Crippen LogP contribution in [0.5, 0.6) is 5.75 Å². The lowest BCUT2D eigenvalue weighted by molar-refractivity contribution is -0.134. The summed E-state index contributed by atoms with van der Waals surface area (Å²) < 4.78 is 16.1. The number of imide groups is 1. The Morgan fingerprint density at radius 3 is 2.92 bits per heavy atom. The van der Waals surface area contributed by atoms with E-state index in [-0.39, 0.29) is 11.8 Å². The Hall–Kier alpha value is -2.93. The average Bonchev–Trinajstić information content (AvgIpc) is 3.06. The number of benzene rings is 2. The smallest absolute Gasteiger partial charge is 0.235 e. The molecule has 7 heteroatoms. The molecule has 0 spiro atoms. The van der Waals surface area contributed by atoms with E-state index in [0.29, 0.717) is 37.3 Å². The Balaban J connectivity index is 1.75. The normalized spacial score (nSPS) is 17.7. The average molecular weight is 354 g/mol. The van der Waals surface area contributed by atoms with Gasteiger partial charge in [-0.2, -0.15) is 0 Å². The number of carbonyl (C=O) groups excluding carboxylic acids is 2. The Morgan fingerprint density at radius 1 is 1.23 bits per heavy atom. The first kappa shape index (κ1) is 16.5. The summed E-state index contributed by atoms with van der Waals surface area (Å²) in [5.41, 5.74) is 1.19. The number of hydrogen-bond acceptors (Lipinski definition) is 6. The van der Waals surface area contributed by atoms with Gasteiger partial charge in [0.1, 0.15) is 18.1 Å². The molecule has 4 rings (SSSR count). The van der Waals surface area contributed by atoms with Crippen LogP contribution in [0.3, 0.4) is 0 Å². The number of nitrogens with zero attached hydrogens (tertiary/aromatic N) is 1. The fourth-order valence-electron chi connectivity index (χ4n) is 3.30. The van der Waals surface area contributed by atoms with E-state index in [4.69, 9.17) is 14.0 Å². The Kier molecular flexibility index (Phi) is 4.30. The van der Waals surface area contributed by atoms with Gasteiger partial charge in [-0.15, -0.1) is 0 Å². The third-order valence-electron chi connectivity index (χ3n) is 4.58. The molecule has 7 nitrogen and oxygen atoms in total. The molecule has 26 heavy (non-hydrogen) atoms. The molecule has 1 fully saturated rings. The lowest BCUT2D eigenvalue weighted by atomic mass is 9.91. The standard InChI is InChI=1S/C19H18N2O5/c1-24-8-9-25-12-3-4-13-11(10-12)2-6-15-17(13)18(21-26-15)14-5-7-16(22)20-19(14)23/h2-4,6,10,14H,5,7-9H2,1H3,(H,20,22,23). The Morgan fingerprint density at radius 2 is 2.12 bits per heavy atom. The highest BCUT2D eigenvalue weighted by molar-refractivity contribution is 6.10. The highest BCUT2D eigenvalue weighted by atomic mass is 16.5. The summed E-state index contributed by atoms with van der Waals surface area (Å²) in [4.78, 5) is 23.6. The van der Waals surface area contributed by atoms with Crippen molar-refractivity contribution in [2.75, 3.05) is 20.3 Å². The fraction of sp³-hybridized carbons (Fsp3) is 0.316. The first-order valence-electron chi connectivity index (χ1n) is 8.45. The molecule has 0 radical (unpaired) electrons. The number of piperidine rings is 1. The van der Waals surface area contributed by atoms with Crippen LogP contribution in [0, 0.1) is 0 Å². The molecule has 1 unspecified atom stereocenters. The van der Waals surface area contributed by atoms with Crippen LogP contribution in [-0.4, -0.2) is 37.3 Å². The topological polar surface area (TPSA) is 90.7 Å². The molecule has 1 aliphatic rings. The fourth-order valence-corrected chi connectivity index (χ4v) is 3.30. The third-order valence-corrected chi connectivity index (χ3v) is 4.58. The SMILES string of the molecule is COCCOc1ccc2c(ccc3onc(C4CCC(=O)NC4=O)c32)c1. The molecule has 1 saturated heterocycles. The minimum Gasteiger partial charge on any atom is -0.491 e. The van der Waals surface area contributed by atoms with E-state index >= 15 is 0 Å². The van der Waals surface area contributed by atoms with Crippen molar-refractivity contribution >= 4 is 33.6 Å². The van der Waals surface area contributed by atoms with Crippen LogP contribution in [0.4, 0.5) is 0 Å². The van der Waals surface area contributed by atoms with Gasteiger partial charge in [0, 0.05) is 13.5 Å². The number of nitrogens with one attached hydrogen (secondary N) is 1. The highest BCUT2D eigenvalue weighted by Crippen LogP contribution is 2.36. The van der Waals surface area contributed by atoms with Crippen LogP contribution < -0.4 is 10.1 Å². The predicted molar refractivity (Wildman–Crippen MR) is 94.0 cm³/mol. The maximum absolute atomic E-state index is 12.2. The summed E-state index contributed by atoms with van der Waals surface area (Å²) in [6.45, 7) is 0.988. The van der Waals surface area contributed by atoms with Gasteiger partial charge in [-0.25, -0.2) is 0 Å². The molecule has 0 aliphatic carbocycles. The number of fused-ring (bicyclic) bond motifs is 3. The van der Waals surface area contributed by atoms with Gasteiger partial charge in [-0.05, 0) is 41.5 Å². The van der Waals surface area contributed by atoms with Gasteiger partial charge in [0.25, 0.3) is 0 Å². The Labute approximate surface area is 149 Å². The maximum Gasteiger partial charge on any atom is 0.235 e. The molecular weight excluding hydrogens is 336 g/mol. The molecule has 1 N–H and O–H groups in total. The molecule has 3 aromatic rings. The quantitative estimate of drug-likeness (QED) is 0.559. The molecule has 2 heterocycles. The predicted octanol–water partition coefficient (Wildman–Crippen LogP) is 2.53. The summed E-state index contributed by atoms with van der Waals surface area (Å²) >= 11 is 0. The van der Waals surface area contributed by atoms with Gasteiger partial charge >= 0.3 is 0 Å². The summed E-state index contributed by atoms with van der Waals surface area (Å²) in [6.07, 6.45) is 0.730. The summed E-state index contributed by atoms with van der Waals surface area (Å²) in [6, 6.07) is 9.51. The summed E-state index contributed by atoms with van der Waals surface area (Å²) in [5, 5.41) is 9.21. The maximum atomic E-state index is 12.2. The zero-order valence-corrected chi connectivity index (χ0v) is 14.3. The van der Waals surface area contributed by atoms with Crippen molar-refractivity contribution < 1.29 is 23.6 Å². The molecule has 2 amide bonds. The summed E-state index contributed by atoms with van der Waals surface area (Å²) in [7, 11) is 1.63. The van der Waals surface area contributed by atoms with Crippen molar-refractivity contribution in [3.05, 3.63) is 36.0 Å². The molecule has 0 bridgehead atoms. The van der Waals surface area contributed by atoms with Gasteiger partial charge in [-0.3, -0.25) is 14.9 Å². The third kappa shape index (κ3) is 2.90. The molecule has 0 saturated carbocycles. The molecule has 1 atom stereocenters. The lowest BCUT2D eigenvalue weighted by Gasteiger charge is -2.19. The number of rotatable bonds is 5. The van der Waals surface area contributed by atoms with Crippen LogP contribution in [0.25, 0.3) is 21.7 Å². The number of carbonyl (C=O) groups is 2. The van der Waals surface area contributed by atoms with E-state index in [1.54, 1.807) is 7.11 Å². The van der Waals surface area contributed by atoms with E-state index < -0.39 is 5.92 Å². The van der Waals surface area contributed by atoms with Crippen molar-refractivity contribution in [1.29, 1.82) is 0 Å². The molecule has 1 aromatic heterocycles. The molecular formula is C19H18N2O5. The number of amides is 2. The lowest BCUT2D eigenvalue weighted by Crippen LogP contribution is -2.39. The number of methoxy groups -OCH3 is 1. The van der Waals surface area contributed by atoms with Crippen molar-refractivity contribution in [2.45, 2.75) is 18.8 Å². The van der Waals surface area contributed by atoms with E-state index in [1.807, 2.05) is 30.3 Å². The largest absolute Gasteiger partial charge is 0.491 e. The molecule has 134 valence electrons. The minimum absolute atomic E-state index is 0.248. The van der Waals surface area contributed by atoms with Crippen LogP contribution in [0.1, 0.15) is 24.5 Å². The Bertz CT molecular complexity index is 994. The van der Waals surface area contributed by atoms with E-state index in [2.05, 4.69) is 10.5 Å². The molecule has 1 aliphatic heterocycles. The van der Waals surface area contributed by atoms with E-state index in [1.165, 1.54) is 0 Å². The van der Waals surface area contributed by atoms with Crippen molar-refractivity contribution in [3.63, 3.8) is 0 Å². The van der Waals surface area contributed by atoms with Gasteiger partial charge in [0.15, 0.2) is 5.58 Å². The number of hydrogen-bond donors (Lipinski definition) is 1. The number of ether oxygens (including phenoxy) is 2. The van der Waals surface area contributed by atoms with Crippen LogP contribution >= 0.6 is 0 Å². The minimum atomic E-state index is -0.489. The van der Waals surface area contributed by atoms with Gasteiger partial charge in [0.05, 0.1) is 17.9 Å². The van der Waals surface area contributed by atoms with Crippen LogP contribution in [-0.2, 0) is 14.3 Å². The van der Waals surface area contributed by atoms with E-state index in [0.717, 1.165) is 21.9 Å². The van der Waals surface area contributed by atoms with E-state index in [9.17, 15) is 9.59 Å². The van der Waals surface area contributed by atoms with Crippen molar-refractivity contribution in [1.82, 2.24) is 10.5 Å². The number of aromatic nitrogens is 1. The van der Waals surface area contributed by atoms with Gasteiger partial charge in [0.2, 0.25) is 11.8 Å². The summed E-state index contributed by atoms with van der Waals surface area (Å²) in [5.74, 6) is -0.320. The van der Waals surface area contributed by atoms with Gasteiger partial charge in [-0.1, -0.05) is 11.2 Å². The second kappa shape index (κ2) is 6.76. The first-order chi connectivity index (χ1) is 12.7.